The molecule has 0 aliphatic rings. The molecule has 6 heteroatoms. The fourth-order valence-corrected chi connectivity index (χ4v) is 2.55. The average Bonchev–Trinajstić information content (AvgIpc) is 2.70. The number of aryl methyl sites for hydroxylation is 1. The summed E-state index contributed by atoms with van der Waals surface area (Å²) in [5.41, 5.74) is 1.78. The van der Waals surface area contributed by atoms with Gasteiger partial charge in [0.25, 0.3) is 5.91 Å². The first-order chi connectivity index (χ1) is 13.5. The molecule has 0 N–H and O–H groups in total. The fraction of sp³-hybridized carbons (Fsp3) is 0.318. The molecule has 2 aromatic rings. The number of rotatable bonds is 9. The Morgan fingerprint density at radius 1 is 1.11 bits per heavy atom. The molecule has 0 aliphatic heterocycles. The number of amides is 1. The summed E-state index contributed by atoms with van der Waals surface area (Å²) < 4.78 is 10.8. The van der Waals surface area contributed by atoms with Crippen LogP contribution < -0.4 is 9.64 Å². The second-order valence-corrected chi connectivity index (χ2v) is 6.28. The number of anilines is 1. The SMILES string of the molecule is Cc1ccc(OCCC(=O)OC(C)C(=O)N(CCC#N)c2ccccc2)cc1. The van der Waals surface area contributed by atoms with Crippen molar-refractivity contribution in [3.8, 4) is 11.8 Å². The van der Waals surface area contributed by atoms with Crippen LogP contribution in [0.15, 0.2) is 54.6 Å². The summed E-state index contributed by atoms with van der Waals surface area (Å²) in [6, 6.07) is 18.6. The van der Waals surface area contributed by atoms with Crippen molar-refractivity contribution in [1.29, 1.82) is 5.26 Å². The zero-order valence-corrected chi connectivity index (χ0v) is 16.1. The molecule has 0 saturated carbocycles. The molecule has 0 heterocycles. The van der Waals surface area contributed by atoms with Gasteiger partial charge in [-0.25, -0.2) is 0 Å². The third-order valence-electron chi connectivity index (χ3n) is 4.03. The van der Waals surface area contributed by atoms with E-state index in [4.69, 9.17) is 14.7 Å². The van der Waals surface area contributed by atoms with Crippen molar-refractivity contribution in [3.63, 3.8) is 0 Å². The van der Waals surface area contributed by atoms with Crippen LogP contribution in [0.2, 0.25) is 0 Å². The molecular formula is C22H24N2O4. The van der Waals surface area contributed by atoms with Gasteiger partial charge in [-0.1, -0.05) is 35.9 Å². The maximum Gasteiger partial charge on any atom is 0.310 e. The summed E-state index contributed by atoms with van der Waals surface area (Å²) in [5.74, 6) is -0.204. The highest BCUT2D eigenvalue weighted by Gasteiger charge is 2.24. The molecule has 0 fully saturated rings. The standard InChI is InChI=1S/C22H24N2O4/c1-17-9-11-20(12-10-17)27-16-13-21(25)28-18(2)22(26)24(15-6-14-23)19-7-4-3-5-8-19/h3-5,7-12,18H,6,13,15-16H2,1-2H3. The van der Waals surface area contributed by atoms with Gasteiger partial charge in [-0.15, -0.1) is 0 Å². The minimum absolute atomic E-state index is 0.0367. The lowest BCUT2D eigenvalue weighted by atomic mass is 10.2. The third kappa shape index (κ3) is 6.44. The molecule has 0 aliphatic carbocycles. The highest BCUT2D eigenvalue weighted by molar-refractivity contribution is 5.97. The number of nitriles is 1. The van der Waals surface area contributed by atoms with Gasteiger partial charge in [0.15, 0.2) is 6.10 Å². The molecule has 0 bridgehead atoms. The number of benzene rings is 2. The Labute approximate surface area is 165 Å². The van der Waals surface area contributed by atoms with E-state index >= 15 is 0 Å². The first-order valence-electron chi connectivity index (χ1n) is 9.13. The lowest BCUT2D eigenvalue weighted by Crippen LogP contribution is -2.40. The molecule has 1 atom stereocenters. The Bertz CT molecular complexity index is 813. The Morgan fingerprint density at radius 2 is 1.79 bits per heavy atom. The number of carbonyl (C=O) groups is 2. The minimum atomic E-state index is -0.953. The van der Waals surface area contributed by atoms with Gasteiger partial charge in [0.05, 0.1) is 25.5 Å². The average molecular weight is 380 g/mol. The first kappa shape index (κ1) is 21.0. The zero-order valence-electron chi connectivity index (χ0n) is 16.1. The van der Waals surface area contributed by atoms with E-state index in [-0.39, 0.29) is 31.9 Å². The van der Waals surface area contributed by atoms with Crippen LogP contribution in [0, 0.1) is 18.3 Å². The number of ether oxygens (including phenoxy) is 2. The quantitative estimate of drug-likeness (QED) is 0.621. The van der Waals surface area contributed by atoms with E-state index in [0.717, 1.165) is 5.56 Å². The van der Waals surface area contributed by atoms with Crippen molar-refractivity contribution < 1.29 is 19.1 Å². The van der Waals surface area contributed by atoms with Crippen LogP contribution in [-0.2, 0) is 14.3 Å². The summed E-state index contributed by atoms with van der Waals surface area (Å²) in [7, 11) is 0. The topological polar surface area (TPSA) is 79.6 Å². The molecule has 0 spiro atoms. The molecular weight excluding hydrogens is 356 g/mol. The van der Waals surface area contributed by atoms with E-state index in [1.165, 1.54) is 11.8 Å². The van der Waals surface area contributed by atoms with Crippen molar-refractivity contribution >= 4 is 17.6 Å². The molecule has 1 unspecified atom stereocenters. The smallest absolute Gasteiger partial charge is 0.310 e. The molecule has 1 amide bonds. The number of carbonyl (C=O) groups excluding carboxylic acids is 2. The Morgan fingerprint density at radius 3 is 2.43 bits per heavy atom. The van der Waals surface area contributed by atoms with E-state index in [9.17, 15) is 9.59 Å². The van der Waals surface area contributed by atoms with Crippen LogP contribution in [0.25, 0.3) is 0 Å². The number of hydrogen-bond donors (Lipinski definition) is 0. The molecule has 2 rings (SSSR count). The van der Waals surface area contributed by atoms with Crippen LogP contribution in [0.4, 0.5) is 5.69 Å². The Balaban J connectivity index is 1.87. The monoisotopic (exact) mass is 380 g/mol. The van der Waals surface area contributed by atoms with Crippen LogP contribution >= 0.6 is 0 Å². The van der Waals surface area contributed by atoms with Gasteiger partial charge in [-0.3, -0.25) is 9.59 Å². The van der Waals surface area contributed by atoms with Gasteiger partial charge < -0.3 is 14.4 Å². The summed E-state index contributed by atoms with van der Waals surface area (Å²) in [5, 5.41) is 8.85. The lowest BCUT2D eigenvalue weighted by Gasteiger charge is -2.25. The molecule has 28 heavy (non-hydrogen) atoms. The molecule has 2 aromatic carbocycles. The van der Waals surface area contributed by atoms with E-state index in [0.29, 0.717) is 11.4 Å². The van der Waals surface area contributed by atoms with Crippen molar-refractivity contribution in [2.75, 3.05) is 18.1 Å². The maximum absolute atomic E-state index is 12.7. The molecule has 0 aromatic heterocycles. The zero-order chi connectivity index (χ0) is 20.4. The summed E-state index contributed by atoms with van der Waals surface area (Å²) in [6.45, 7) is 3.91. The number of nitrogens with zero attached hydrogens (tertiary/aromatic N) is 2. The third-order valence-corrected chi connectivity index (χ3v) is 4.03. The molecule has 0 saturated heterocycles. The Kier molecular flexibility index (Phi) is 8.04. The van der Waals surface area contributed by atoms with E-state index < -0.39 is 12.1 Å². The van der Waals surface area contributed by atoms with E-state index in [2.05, 4.69) is 0 Å². The highest BCUT2D eigenvalue weighted by Crippen LogP contribution is 2.16. The fourth-order valence-electron chi connectivity index (χ4n) is 2.55. The molecule has 0 radical (unpaired) electrons. The van der Waals surface area contributed by atoms with Crippen LogP contribution in [-0.4, -0.2) is 31.1 Å². The number of para-hydroxylation sites is 1. The minimum Gasteiger partial charge on any atom is -0.493 e. The van der Waals surface area contributed by atoms with Crippen LogP contribution in [0.5, 0.6) is 5.75 Å². The van der Waals surface area contributed by atoms with E-state index in [1.807, 2.05) is 43.3 Å². The highest BCUT2D eigenvalue weighted by atomic mass is 16.5. The second kappa shape index (κ2) is 10.7. The van der Waals surface area contributed by atoms with Gasteiger partial charge in [0.1, 0.15) is 5.75 Å². The van der Waals surface area contributed by atoms with Gasteiger partial charge in [-0.2, -0.15) is 5.26 Å². The van der Waals surface area contributed by atoms with Gasteiger partial charge in [0.2, 0.25) is 0 Å². The normalized spacial score (nSPS) is 11.2. The van der Waals surface area contributed by atoms with Crippen LogP contribution in [0.1, 0.15) is 25.3 Å². The van der Waals surface area contributed by atoms with Gasteiger partial charge in [-0.05, 0) is 38.1 Å². The first-order valence-corrected chi connectivity index (χ1v) is 9.13. The summed E-state index contributed by atoms with van der Waals surface area (Å²) in [6.07, 6.45) is -0.730. The second-order valence-electron chi connectivity index (χ2n) is 6.28. The number of esters is 1. The van der Waals surface area contributed by atoms with E-state index in [1.54, 1.807) is 24.3 Å². The largest absolute Gasteiger partial charge is 0.493 e. The van der Waals surface area contributed by atoms with Crippen molar-refractivity contribution in [1.82, 2.24) is 0 Å². The van der Waals surface area contributed by atoms with Crippen molar-refractivity contribution in [3.05, 3.63) is 60.2 Å². The molecule has 146 valence electrons. The van der Waals surface area contributed by atoms with Crippen molar-refractivity contribution in [2.45, 2.75) is 32.8 Å². The predicted molar refractivity (Wildman–Crippen MR) is 106 cm³/mol. The summed E-state index contributed by atoms with van der Waals surface area (Å²) in [4.78, 5) is 26.2. The number of hydrogen-bond acceptors (Lipinski definition) is 5. The van der Waals surface area contributed by atoms with Crippen molar-refractivity contribution in [2.24, 2.45) is 0 Å². The molecule has 6 nitrogen and oxygen atoms in total. The summed E-state index contributed by atoms with van der Waals surface area (Å²) >= 11 is 0. The van der Waals surface area contributed by atoms with Gasteiger partial charge >= 0.3 is 5.97 Å². The lowest BCUT2D eigenvalue weighted by molar-refractivity contribution is -0.154. The maximum atomic E-state index is 12.7. The Hall–Kier alpha value is -3.33. The predicted octanol–water partition coefficient (Wildman–Crippen LogP) is 3.64. The van der Waals surface area contributed by atoms with Crippen LogP contribution in [0.3, 0.4) is 0 Å². The van der Waals surface area contributed by atoms with Gasteiger partial charge in [0, 0.05) is 12.2 Å².